The molecule has 140 valence electrons. The summed E-state index contributed by atoms with van der Waals surface area (Å²) in [6.45, 7) is 0.0593. The number of hydrogen-bond donors (Lipinski definition) is 1. The first-order valence-corrected chi connectivity index (χ1v) is 10.0. The molecule has 0 fully saturated rings. The molecule has 0 aliphatic heterocycles. The van der Waals surface area contributed by atoms with E-state index in [0.29, 0.717) is 5.69 Å². The minimum atomic E-state index is -4.11. The van der Waals surface area contributed by atoms with Crippen molar-refractivity contribution in [3.8, 4) is 5.88 Å². The van der Waals surface area contributed by atoms with Gasteiger partial charge in [-0.15, -0.1) is 0 Å². The Balaban J connectivity index is 1.89. The van der Waals surface area contributed by atoms with Gasteiger partial charge in [0.2, 0.25) is 5.82 Å². The number of nitrogens with one attached hydrogen (secondary N) is 1. The maximum absolute atomic E-state index is 12.7. The van der Waals surface area contributed by atoms with Crippen molar-refractivity contribution >= 4 is 50.6 Å². The Morgan fingerprint density at radius 2 is 1.85 bits per heavy atom. The highest BCUT2D eigenvalue weighted by atomic mass is 35.5. The van der Waals surface area contributed by atoms with Crippen molar-refractivity contribution < 1.29 is 13.2 Å². The molecule has 0 aliphatic rings. The topological polar surface area (TPSA) is 94.1 Å². The van der Waals surface area contributed by atoms with Crippen LogP contribution in [0, 0.1) is 0 Å². The van der Waals surface area contributed by atoms with Gasteiger partial charge in [0.15, 0.2) is 0 Å². The second-order valence-corrected chi connectivity index (χ2v) is 7.94. The van der Waals surface area contributed by atoms with Gasteiger partial charge in [0, 0.05) is 6.20 Å². The van der Waals surface area contributed by atoms with E-state index in [1.807, 2.05) is 0 Å². The molecule has 27 heavy (non-hydrogen) atoms. The number of pyridine rings is 1. The van der Waals surface area contributed by atoms with Crippen LogP contribution in [0.5, 0.6) is 5.88 Å². The van der Waals surface area contributed by atoms with Crippen LogP contribution in [0.25, 0.3) is 0 Å². The number of benzene rings is 1. The van der Waals surface area contributed by atoms with Crippen molar-refractivity contribution in [2.75, 3.05) is 4.72 Å². The van der Waals surface area contributed by atoms with Gasteiger partial charge in [-0.05, 0) is 24.3 Å². The molecule has 0 bridgehead atoms. The predicted molar refractivity (Wildman–Crippen MR) is 103 cm³/mol. The van der Waals surface area contributed by atoms with Gasteiger partial charge in [0.05, 0.1) is 21.9 Å². The average molecular weight is 446 g/mol. The van der Waals surface area contributed by atoms with Gasteiger partial charge < -0.3 is 4.74 Å². The fourth-order valence-corrected chi connectivity index (χ4v) is 3.92. The highest BCUT2D eigenvalue weighted by molar-refractivity contribution is 7.92. The SMILES string of the molecule is O=S(=O)(Nc1nc(Cl)cnc1OCc1ccccn1)c1cccc(Cl)c1Cl. The van der Waals surface area contributed by atoms with Gasteiger partial charge in [0.25, 0.3) is 15.9 Å². The molecule has 2 aromatic heterocycles. The van der Waals surface area contributed by atoms with E-state index in [9.17, 15) is 8.42 Å². The molecule has 1 N–H and O–H groups in total. The number of nitrogens with zero attached hydrogens (tertiary/aromatic N) is 3. The Bertz CT molecular complexity index is 1070. The van der Waals surface area contributed by atoms with Crippen molar-refractivity contribution in [1.82, 2.24) is 15.0 Å². The summed E-state index contributed by atoms with van der Waals surface area (Å²) < 4.78 is 33.2. The lowest BCUT2D eigenvalue weighted by atomic mass is 10.4. The molecule has 0 radical (unpaired) electrons. The molecular formula is C16H11Cl3N4O3S. The number of anilines is 1. The van der Waals surface area contributed by atoms with Crippen LogP contribution >= 0.6 is 34.8 Å². The molecule has 0 amide bonds. The van der Waals surface area contributed by atoms with E-state index in [4.69, 9.17) is 39.5 Å². The minimum absolute atomic E-state index is 0.0184. The van der Waals surface area contributed by atoms with Gasteiger partial charge in [0.1, 0.15) is 16.7 Å². The molecule has 7 nitrogen and oxygen atoms in total. The van der Waals surface area contributed by atoms with Crippen LogP contribution in [-0.2, 0) is 16.6 Å². The molecular weight excluding hydrogens is 435 g/mol. The Hall–Kier alpha value is -2.13. The predicted octanol–water partition coefficient (Wildman–Crippen LogP) is 4.21. The van der Waals surface area contributed by atoms with Crippen molar-refractivity contribution in [3.63, 3.8) is 0 Å². The highest BCUT2D eigenvalue weighted by Gasteiger charge is 2.23. The summed E-state index contributed by atoms with van der Waals surface area (Å²) in [5, 5.41) is -0.0315. The summed E-state index contributed by atoms with van der Waals surface area (Å²) in [4.78, 5) is 11.8. The molecule has 0 saturated carbocycles. The fourth-order valence-electron chi connectivity index (χ4n) is 2.03. The molecule has 0 aliphatic carbocycles. The Morgan fingerprint density at radius 3 is 2.59 bits per heavy atom. The van der Waals surface area contributed by atoms with E-state index in [0.717, 1.165) is 0 Å². The molecule has 1 aromatic carbocycles. The van der Waals surface area contributed by atoms with E-state index >= 15 is 0 Å². The third-order valence-corrected chi connectivity index (χ3v) is 5.72. The third-order valence-electron chi connectivity index (χ3n) is 3.23. The van der Waals surface area contributed by atoms with Gasteiger partial charge >= 0.3 is 0 Å². The van der Waals surface area contributed by atoms with E-state index in [2.05, 4.69) is 19.7 Å². The molecule has 0 saturated heterocycles. The van der Waals surface area contributed by atoms with Crippen molar-refractivity contribution in [2.24, 2.45) is 0 Å². The third kappa shape index (κ3) is 4.78. The molecule has 0 atom stereocenters. The second kappa shape index (κ2) is 8.26. The smallest absolute Gasteiger partial charge is 0.264 e. The molecule has 3 rings (SSSR count). The maximum Gasteiger partial charge on any atom is 0.264 e. The van der Waals surface area contributed by atoms with Gasteiger partial charge in [-0.25, -0.2) is 18.4 Å². The minimum Gasteiger partial charge on any atom is -0.469 e. The second-order valence-electron chi connectivity index (χ2n) is 5.11. The van der Waals surface area contributed by atoms with Crippen LogP contribution in [0.1, 0.15) is 5.69 Å². The first-order chi connectivity index (χ1) is 12.9. The normalized spacial score (nSPS) is 11.2. The van der Waals surface area contributed by atoms with Crippen LogP contribution in [0.3, 0.4) is 0 Å². The Labute approximate surface area is 170 Å². The largest absolute Gasteiger partial charge is 0.469 e. The number of aromatic nitrogens is 3. The summed E-state index contributed by atoms with van der Waals surface area (Å²) >= 11 is 17.7. The van der Waals surface area contributed by atoms with E-state index < -0.39 is 10.0 Å². The highest BCUT2D eigenvalue weighted by Crippen LogP contribution is 2.31. The Kier molecular flexibility index (Phi) is 6.01. The number of rotatable bonds is 6. The quantitative estimate of drug-likeness (QED) is 0.611. The van der Waals surface area contributed by atoms with Crippen LogP contribution in [0.2, 0.25) is 15.2 Å². The Morgan fingerprint density at radius 1 is 1.04 bits per heavy atom. The lowest BCUT2D eigenvalue weighted by Gasteiger charge is -2.13. The number of sulfonamides is 1. The zero-order chi connectivity index (χ0) is 19.4. The zero-order valence-electron chi connectivity index (χ0n) is 13.4. The van der Waals surface area contributed by atoms with Crippen LogP contribution in [-0.4, -0.2) is 23.4 Å². The molecule has 2 heterocycles. The summed E-state index contributed by atoms with van der Waals surface area (Å²) in [7, 11) is -4.11. The van der Waals surface area contributed by atoms with Crippen molar-refractivity contribution in [1.29, 1.82) is 0 Å². The van der Waals surface area contributed by atoms with Crippen LogP contribution in [0.15, 0.2) is 53.7 Å². The van der Waals surface area contributed by atoms with E-state index in [-0.39, 0.29) is 38.4 Å². The zero-order valence-corrected chi connectivity index (χ0v) is 16.5. The summed E-state index contributed by atoms with van der Waals surface area (Å²) in [5.74, 6) is -0.249. The van der Waals surface area contributed by atoms with Crippen LogP contribution < -0.4 is 9.46 Å². The van der Waals surface area contributed by atoms with Crippen molar-refractivity contribution in [2.45, 2.75) is 11.5 Å². The van der Waals surface area contributed by atoms with Crippen LogP contribution in [0.4, 0.5) is 5.82 Å². The molecule has 3 aromatic rings. The first kappa shape index (κ1) is 19.6. The lowest BCUT2D eigenvalue weighted by molar-refractivity contribution is 0.290. The molecule has 0 spiro atoms. The monoisotopic (exact) mass is 444 g/mol. The van der Waals surface area contributed by atoms with Gasteiger partial charge in [-0.1, -0.05) is 46.9 Å². The lowest BCUT2D eigenvalue weighted by Crippen LogP contribution is -2.16. The summed E-state index contributed by atoms with van der Waals surface area (Å²) in [5.41, 5.74) is 0.626. The average Bonchev–Trinajstić information content (AvgIpc) is 2.64. The summed E-state index contributed by atoms with van der Waals surface area (Å²) in [6, 6.07) is 9.56. The molecule has 11 heteroatoms. The first-order valence-electron chi connectivity index (χ1n) is 7.39. The fraction of sp³-hybridized carbons (Fsp3) is 0.0625. The van der Waals surface area contributed by atoms with Crippen molar-refractivity contribution in [3.05, 3.63) is 69.7 Å². The molecule has 0 unspecified atom stereocenters. The maximum atomic E-state index is 12.7. The van der Waals surface area contributed by atoms with E-state index in [1.54, 1.807) is 24.4 Å². The number of halogens is 3. The number of hydrogen-bond acceptors (Lipinski definition) is 6. The summed E-state index contributed by atoms with van der Waals surface area (Å²) in [6.07, 6.45) is 2.84. The van der Waals surface area contributed by atoms with E-state index in [1.165, 1.54) is 24.4 Å². The number of ether oxygens (including phenoxy) is 1. The standard InChI is InChI=1S/C16H11Cl3N4O3S/c17-11-5-3-6-12(14(11)19)27(24,25)23-15-16(21-8-13(18)22-15)26-9-10-4-1-2-7-20-10/h1-8H,9H2,(H,22,23). The van der Waals surface area contributed by atoms with Gasteiger partial charge in [-0.2, -0.15) is 0 Å². The van der Waals surface area contributed by atoms with Gasteiger partial charge in [-0.3, -0.25) is 9.71 Å².